The standard InChI is InChI=1S/C8H18N2O2/c1-6(5-9)3-4-8(2,12)7(10)11/h6,12H,3-5,9H2,1-2H3,(H2,10,11)/t6-,8+/m0/s1. The zero-order valence-electron chi connectivity index (χ0n) is 7.71. The fraction of sp³-hybridized carbons (Fsp3) is 0.875. The lowest BCUT2D eigenvalue weighted by Gasteiger charge is -2.20. The van der Waals surface area contributed by atoms with E-state index in [1.807, 2.05) is 6.92 Å². The zero-order valence-corrected chi connectivity index (χ0v) is 7.71. The first-order chi connectivity index (χ1) is 5.40. The van der Waals surface area contributed by atoms with Gasteiger partial charge in [0.15, 0.2) is 0 Å². The zero-order chi connectivity index (χ0) is 9.78. The van der Waals surface area contributed by atoms with Gasteiger partial charge in [-0.2, -0.15) is 0 Å². The maximum absolute atomic E-state index is 10.7. The van der Waals surface area contributed by atoms with Crippen molar-refractivity contribution >= 4 is 5.91 Å². The van der Waals surface area contributed by atoms with Crippen molar-refractivity contribution in [1.29, 1.82) is 0 Å². The number of carbonyl (C=O) groups excluding carboxylic acids is 1. The Labute approximate surface area is 72.9 Å². The van der Waals surface area contributed by atoms with Crippen LogP contribution < -0.4 is 11.5 Å². The van der Waals surface area contributed by atoms with Crippen molar-refractivity contribution < 1.29 is 9.90 Å². The maximum atomic E-state index is 10.7. The fourth-order valence-corrected chi connectivity index (χ4v) is 0.769. The van der Waals surface area contributed by atoms with Crippen LogP contribution >= 0.6 is 0 Å². The number of hydrogen-bond donors (Lipinski definition) is 3. The summed E-state index contributed by atoms with van der Waals surface area (Å²) in [7, 11) is 0. The minimum atomic E-state index is -1.39. The summed E-state index contributed by atoms with van der Waals surface area (Å²) in [6, 6.07) is 0. The molecule has 4 nitrogen and oxygen atoms in total. The van der Waals surface area contributed by atoms with Crippen LogP contribution in [-0.2, 0) is 4.79 Å². The van der Waals surface area contributed by atoms with Gasteiger partial charge >= 0.3 is 0 Å². The van der Waals surface area contributed by atoms with Gasteiger partial charge in [0, 0.05) is 0 Å². The lowest BCUT2D eigenvalue weighted by atomic mass is 9.94. The Morgan fingerprint density at radius 3 is 2.50 bits per heavy atom. The molecule has 0 bridgehead atoms. The van der Waals surface area contributed by atoms with E-state index in [2.05, 4.69) is 0 Å². The third kappa shape index (κ3) is 3.69. The Kier molecular flexibility index (Phi) is 4.20. The monoisotopic (exact) mass is 174 g/mol. The Balaban J connectivity index is 3.83. The number of amides is 1. The summed E-state index contributed by atoms with van der Waals surface area (Å²) >= 11 is 0. The van der Waals surface area contributed by atoms with E-state index in [0.29, 0.717) is 25.3 Å². The lowest BCUT2D eigenvalue weighted by molar-refractivity contribution is -0.135. The van der Waals surface area contributed by atoms with Gasteiger partial charge in [-0.1, -0.05) is 6.92 Å². The van der Waals surface area contributed by atoms with Gasteiger partial charge in [0.05, 0.1) is 0 Å². The van der Waals surface area contributed by atoms with Crippen LogP contribution in [0.4, 0.5) is 0 Å². The van der Waals surface area contributed by atoms with Crippen LogP contribution in [0.3, 0.4) is 0 Å². The van der Waals surface area contributed by atoms with Crippen LogP contribution in [0.5, 0.6) is 0 Å². The summed E-state index contributed by atoms with van der Waals surface area (Å²) < 4.78 is 0. The van der Waals surface area contributed by atoms with Crippen molar-refractivity contribution in [3.05, 3.63) is 0 Å². The Morgan fingerprint density at radius 1 is 1.67 bits per heavy atom. The molecule has 0 heterocycles. The second-order valence-electron chi connectivity index (χ2n) is 3.52. The topological polar surface area (TPSA) is 89.3 Å². The number of hydrogen-bond acceptors (Lipinski definition) is 3. The van der Waals surface area contributed by atoms with E-state index in [1.165, 1.54) is 6.92 Å². The minimum absolute atomic E-state index is 0.316. The molecule has 0 aromatic carbocycles. The molecule has 0 saturated heterocycles. The molecule has 0 aliphatic heterocycles. The lowest BCUT2D eigenvalue weighted by Crippen LogP contribution is -2.41. The van der Waals surface area contributed by atoms with Gasteiger partial charge < -0.3 is 16.6 Å². The molecule has 0 fully saturated rings. The molecule has 0 rings (SSSR count). The first-order valence-electron chi connectivity index (χ1n) is 4.12. The highest BCUT2D eigenvalue weighted by atomic mass is 16.3. The molecular formula is C8H18N2O2. The minimum Gasteiger partial charge on any atom is -0.380 e. The fourth-order valence-electron chi connectivity index (χ4n) is 0.769. The van der Waals surface area contributed by atoms with Crippen LogP contribution in [0.15, 0.2) is 0 Å². The quantitative estimate of drug-likeness (QED) is 0.529. The Morgan fingerprint density at radius 2 is 2.17 bits per heavy atom. The van der Waals surface area contributed by atoms with Gasteiger partial charge in [-0.05, 0) is 32.2 Å². The number of nitrogens with two attached hydrogens (primary N) is 2. The molecule has 5 N–H and O–H groups in total. The number of carbonyl (C=O) groups is 1. The van der Waals surface area contributed by atoms with E-state index < -0.39 is 11.5 Å². The molecule has 0 aliphatic carbocycles. The van der Waals surface area contributed by atoms with Crippen LogP contribution in [0.1, 0.15) is 26.7 Å². The average molecular weight is 174 g/mol. The molecule has 0 aromatic heterocycles. The van der Waals surface area contributed by atoms with Gasteiger partial charge in [-0.25, -0.2) is 0 Å². The normalized spacial score (nSPS) is 18.3. The van der Waals surface area contributed by atoms with E-state index in [-0.39, 0.29) is 0 Å². The summed E-state index contributed by atoms with van der Waals surface area (Å²) in [6.45, 7) is 3.96. The summed E-state index contributed by atoms with van der Waals surface area (Å²) in [5.74, 6) is -0.359. The smallest absolute Gasteiger partial charge is 0.249 e. The predicted octanol–water partition coefficient (Wildman–Crippen LogP) is -0.402. The molecule has 12 heavy (non-hydrogen) atoms. The molecule has 0 aliphatic rings. The molecule has 0 aromatic rings. The summed E-state index contributed by atoms with van der Waals surface area (Å²) in [6.07, 6.45) is 1.09. The highest BCUT2D eigenvalue weighted by molar-refractivity contribution is 5.82. The summed E-state index contributed by atoms with van der Waals surface area (Å²) in [5, 5.41) is 9.42. The van der Waals surface area contributed by atoms with Crippen LogP contribution in [0.2, 0.25) is 0 Å². The molecule has 0 saturated carbocycles. The van der Waals surface area contributed by atoms with Gasteiger partial charge in [0.1, 0.15) is 5.60 Å². The van der Waals surface area contributed by atoms with Gasteiger partial charge in [-0.15, -0.1) is 0 Å². The van der Waals surface area contributed by atoms with Crippen molar-refractivity contribution in [2.75, 3.05) is 6.54 Å². The van der Waals surface area contributed by atoms with Crippen LogP contribution in [0, 0.1) is 5.92 Å². The third-order valence-electron chi connectivity index (χ3n) is 2.06. The van der Waals surface area contributed by atoms with Gasteiger partial charge in [-0.3, -0.25) is 4.79 Å². The molecule has 1 amide bonds. The summed E-state index contributed by atoms with van der Waals surface area (Å²) in [5.41, 5.74) is 8.97. The van der Waals surface area contributed by atoms with Crippen molar-refractivity contribution in [2.45, 2.75) is 32.3 Å². The summed E-state index contributed by atoms with van der Waals surface area (Å²) in [4.78, 5) is 10.7. The van der Waals surface area contributed by atoms with E-state index in [4.69, 9.17) is 11.5 Å². The van der Waals surface area contributed by atoms with E-state index >= 15 is 0 Å². The molecule has 0 spiro atoms. The molecule has 4 heteroatoms. The predicted molar refractivity (Wildman–Crippen MR) is 47.3 cm³/mol. The Hall–Kier alpha value is -0.610. The van der Waals surface area contributed by atoms with Crippen molar-refractivity contribution in [3.63, 3.8) is 0 Å². The van der Waals surface area contributed by atoms with Crippen LogP contribution in [0.25, 0.3) is 0 Å². The first kappa shape index (κ1) is 11.4. The highest BCUT2D eigenvalue weighted by Gasteiger charge is 2.27. The highest BCUT2D eigenvalue weighted by Crippen LogP contribution is 2.15. The second-order valence-corrected chi connectivity index (χ2v) is 3.52. The average Bonchev–Trinajstić information content (AvgIpc) is 2.00. The largest absolute Gasteiger partial charge is 0.380 e. The number of aliphatic hydroxyl groups is 1. The van der Waals surface area contributed by atoms with Gasteiger partial charge in [0.25, 0.3) is 0 Å². The number of primary amides is 1. The van der Waals surface area contributed by atoms with E-state index in [1.54, 1.807) is 0 Å². The molecule has 72 valence electrons. The van der Waals surface area contributed by atoms with Crippen molar-refractivity contribution in [2.24, 2.45) is 17.4 Å². The van der Waals surface area contributed by atoms with Crippen molar-refractivity contribution in [3.8, 4) is 0 Å². The molecule has 0 unspecified atom stereocenters. The van der Waals surface area contributed by atoms with E-state index in [0.717, 1.165) is 0 Å². The SMILES string of the molecule is C[C@H](CN)CC[C@@](C)(O)C(N)=O. The van der Waals surface area contributed by atoms with Crippen molar-refractivity contribution in [1.82, 2.24) is 0 Å². The Bertz CT molecular complexity index is 157. The molecular weight excluding hydrogens is 156 g/mol. The van der Waals surface area contributed by atoms with Crippen LogP contribution in [-0.4, -0.2) is 23.2 Å². The first-order valence-corrected chi connectivity index (χ1v) is 4.12. The second kappa shape index (κ2) is 4.42. The number of rotatable bonds is 5. The molecule has 2 atom stereocenters. The van der Waals surface area contributed by atoms with Gasteiger partial charge in [0.2, 0.25) is 5.91 Å². The molecule has 0 radical (unpaired) electrons. The third-order valence-corrected chi connectivity index (χ3v) is 2.06. The van der Waals surface area contributed by atoms with E-state index in [9.17, 15) is 9.90 Å². The maximum Gasteiger partial charge on any atom is 0.249 e.